The van der Waals surface area contributed by atoms with E-state index < -0.39 is 6.04 Å². The lowest BCUT2D eigenvalue weighted by molar-refractivity contribution is -0.127. The number of hydrogen-bond donors (Lipinski definition) is 3. The van der Waals surface area contributed by atoms with Crippen LogP contribution in [0.5, 0.6) is 0 Å². The lowest BCUT2D eigenvalue weighted by Gasteiger charge is -2.32. The fraction of sp³-hybridized carbons (Fsp3) is 0.579. The van der Waals surface area contributed by atoms with Gasteiger partial charge in [-0.25, -0.2) is 0 Å². The van der Waals surface area contributed by atoms with Crippen LogP contribution in [0, 0.1) is 5.92 Å². The molecule has 0 unspecified atom stereocenters. The molecule has 1 fully saturated rings. The number of halogens is 1. The van der Waals surface area contributed by atoms with Crippen LogP contribution in [-0.4, -0.2) is 48.4 Å². The van der Waals surface area contributed by atoms with Crippen molar-refractivity contribution in [3.63, 3.8) is 0 Å². The standard InChI is InChI=1S/C19H29ClN4O2/c1-13(2)18(21)19(26)22-11-17(25)23-16-7-9-24(10-8-16)12-14-3-5-15(20)6-4-14/h3-6,13,16,18H,7-12,21H2,1-2H3,(H,22,26)(H,23,25)/t18-/m0/s1. The van der Waals surface area contributed by atoms with E-state index in [1.165, 1.54) is 5.56 Å². The van der Waals surface area contributed by atoms with E-state index >= 15 is 0 Å². The number of benzene rings is 1. The predicted octanol–water partition coefficient (Wildman–Crippen LogP) is 1.52. The van der Waals surface area contributed by atoms with Crippen LogP contribution in [0.1, 0.15) is 32.3 Å². The molecule has 2 rings (SSSR count). The summed E-state index contributed by atoms with van der Waals surface area (Å²) in [4.78, 5) is 26.2. The van der Waals surface area contributed by atoms with Gasteiger partial charge in [-0.15, -0.1) is 0 Å². The lowest BCUT2D eigenvalue weighted by Crippen LogP contribution is -2.50. The van der Waals surface area contributed by atoms with E-state index in [1.54, 1.807) is 0 Å². The molecule has 1 aromatic carbocycles. The first-order valence-electron chi connectivity index (χ1n) is 9.14. The van der Waals surface area contributed by atoms with Gasteiger partial charge in [-0.2, -0.15) is 0 Å². The van der Waals surface area contributed by atoms with E-state index in [1.807, 2.05) is 38.1 Å². The van der Waals surface area contributed by atoms with E-state index in [0.29, 0.717) is 0 Å². The summed E-state index contributed by atoms with van der Waals surface area (Å²) in [6.07, 6.45) is 1.80. The zero-order valence-corrected chi connectivity index (χ0v) is 16.3. The second kappa shape index (κ2) is 9.90. The number of nitrogens with two attached hydrogens (primary N) is 1. The van der Waals surface area contributed by atoms with Crippen molar-refractivity contribution in [2.24, 2.45) is 11.7 Å². The molecule has 7 heteroatoms. The van der Waals surface area contributed by atoms with Crippen LogP contribution in [0.3, 0.4) is 0 Å². The molecule has 0 radical (unpaired) electrons. The van der Waals surface area contributed by atoms with Gasteiger partial charge >= 0.3 is 0 Å². The van der Waals surface area contributed by atoms with Gasteiger partial charge in [-0.3, -0.25) is 14.5 Å². The fourth-order valence-electron chi connectivity index (χ4n) is 2.95. The summed E-state index contributed by atoms with van der Waals surface area (Å²) in [6.45, 7) is 6.48. The van der Waals surface area contributed by atoms with Crippen molar-refractivity contribution < 1.29 is 9.59 Å². The molecule has 0 saturated carbocycles. The molecule has 1 aliphatic rings. The summed E-state index contributed by atoms with van der Waals surface area (Å²) in [7, 11) is 0. The number of nitrogens with zero attached hydrogens (tertiary/aromatic N) is 1. The molecular formula is C19H29ClN4O2. The van der Waals surface area contributed by atoms with Crippen LogP contribution in [0.25, 0.3) is 0 Å². The summed E-state index contributed by atoms with van der Waals surface area (Å²) in [5.74, 6) is -0.401. The second-order valence-corrected chi connectivity index (χ2v) is 7.67. The molecule has 0 aromatic heterocycles. The Morgan fingerprint density at radius 3 is 2.42 bits per heavy atom. The number of carbonyl (C=O) groups is 2. The van der Waals surface area contributed by atoms with Crippen molar-refractivity contribution >= 4 is 23.4 Å². The number of likely N-dealkylation sites (tertiary alicyclic amines) is 1. The van der Waals surface area contributed by atoms with Gasteiger partial charge in [0, 0.05) is 30.7 Å². The first-order chi connectivity index (χ1) is 12.3. The Kier molecular flexibility index (Phi) is 7.87. The first-order valence-corrected chi connectivity index (χ1v) is 9.52. The SMILES string of the molecule is CC(C)[C@H](N)C(=O)NCC(=O)NC1CCN(Cc2ccc(Cl)cc2)CC1. The molecule has 4 N–H and O–H groups in total. The highest BCUT2D eigenvalue weighted by Gasteiger charge is 2.22. The molecule has 6 nitrogen and oxygen atoms in total. The smallest absolute Gasteiger partial charge is 0.239 e. The molecule has 1 atom stereocenters. The van der Waals surface area contributed by atoms with Gasteiger partial charge in [0.15, 0.2) is 0 Å². The molecule has 26 heavy (non-hydrogen) atoms. The van der Waals surface area contributed by atoms with Crippen molar-refractivity contribution in [2.45, 2.75) is 45.3 Å². The normalized spacial score (nSPS) is 17.1. The van der Waals surface area contributed by atoms with Gasteiger partial charge in [0.25, 0.3) is 0 Å². The zero-order chi connectivity index (χ0) is 19.1. The minimum absolute atomic E-state index is 0.0236. The van der Waals surface area contributed by atoms with E-state index in [-0.39, 0.29) is 30.3 Å². The fourth-order valence-corrected chi connectivity index (χ4v) is 3.08. The number of carbonyl (C=O) groups excluding carboxylic acids is 2. The molecule has 1 saturated heterocycles. The van der Waals surface area contributed by atoms with Crippen LogP contribution in [0.2, 0.25) is 5.02 Å². The van der Waals surface area contributed by atoms with Gasteiger partial charge in [0.2, 0.25) is 11.8 Å². The molecule has 1 aliphatic heterocycles. The Morgan fingerprint density at radius 2 is 1.85 bits per heavy atom. The summed E-state index contributed by atoms with van der Waals surface area (Å²) in [5, 5.41) is 6.34. The Hall–Kier alpha value is -1.63. The van der Waals surface area contributed by atoms with E-state index in [9.17, 15) is 9.59 Å². The third kappa shape index (κ3) is 6.59. The van der Waals surface area contributed by atoms with Gasteiger partial charge in [0.05, 0.1) is 12.6 Å². The highest BCUT2D eigenvalue weighted by Crippen LogP contribution is 2.15. The van der Waals surface area contributed by atoms with Crippen LogP contribution in [0.15, 0.2) is 24.3 Å². The third-order valence-corrected chi connectivity index (χ3v) is 4.97. The van der Waals surface area contributed by atoms with Crippen LogP contribution < -0.4 is 16.4 Å². The quantitative estimate of drug-likeness (QED) is 0.669. The van der Waals surface area contributed by atoms with Crippen molar-refractivity contribution in [1.29, 1.82) is 0 Å². The first kappa shape index (κ1) is 20.7. The maximum absolute atomic E-state index is 12.0. The number of hydrogen-bond acceptors (Lipinski definition) is 4. The number of nitrogens with one attached hydrogen (secondary N) is 2. The van der Waals surface area contributed by atoms with Crippen molar-refractivity contribution in [1.82, 2.24) is 15.5 Å². The molecule has 1 aromatic rings. The maximum atomic E-state index is 12.0. The van der Waals surface area contributed by atoms with Crippen molar-refractivity contribution in [3.05, 3.63) is 34.9 Å². The van der Waals surface area contributed by atoms with Crippen LogP contribution in [-0.2, 0) is 16.1 Å². The van der Waals surface area contributed by atoms with Crippen LogP contribution >= 0.6 is 11.6 Å². The maximum Gasteiger partial charge on any atom is 0.239 e. The lowest BCUT2D eigenvalue weighted by atomic mass is 10.0. The molecule has 0 aliphatic carbocycles. The number of amides is 2. The Bertz CT molecular complexity index is 598. The highest BCUT2D eigenvalue weighted by atomic mass is 35.5. The molecular weight excluding hydrogens is 352 g/mol. The Balaban J connectivity index is 1.67. The average molecular weight is 381 g/mol. The Labute approximate surface area is 160 Å². The molecule has 0 bridgehead atoms. The van der Waals surface area contributed by atoms with E-state index in [2.05, 4.69) is 15.5 Å². The topological polar surface area (TPSA) is 87.5 Å². The minimum atomic E-state index is -0.584. The molecule has 0 spiro atoms. The largest absolute Gasteiger partial charge is 0.352 e. The Morgan fingerprint density at radius 1 is 1.23 bits per heavy atom. The van der Waals surface area contributed by atoms with Crippen molar-refractivity contribution in [2.75, 3.05) is 19.6 Å². The highest BCUT2D eigenvalue weighted by molar-refractivity contribution is 6.30. The number of rotatable bonds is 7. The summed E-state index contributed by atoms with van der Waals surface area (Å²) < 4.78 is 0. The summed E-state index contributed by atoms with van der Waals surface area (Å²) >= 11 is 5.91. The second-order valence-electron chi connectivity index (χ2n) is 7.23. The summed E-state index contributed by atoms with van der Waals surface area (Å²) in [6, 6.07) is 7.47. The molecule has 1 heterocycles. The number of piperidine rings is 1. The minimum Gasteiger partial charge on any atom is -0.352 e. The van der Waals surface area contributed by atoms with Crippen LogP contribution in [0.4, 0.5) is 0 Å². The summed E-state index contributed by atoms with van der Waals surface area (Å²) in [5.41, 5.74) is 7.00. The van der Waals surface area contributed by atoms with E-state index in [4.69, 9.17) is 17.3 Å². The van der Waals surface area contributed by atoms with E-state index in [0.717, 1.165) is 37.5 Å². The molecule has 144 valence electrons. The molecule has 2 amide bonds. The third-order valence-electron chi connectivity index (χ3n) is 4.72. The monoisotopic (exact) mass is 380 g/mol. The zero-order valence-electron chi connectivity index (χ0n) is 15.5. The predicted molar refractivity (Wildman–Crippen MR) is 104 cm³/mol. The van der Waals surface area contributed by atoms with Gasteiger partial charge in [0.1, 0.15) is 0 Å². The van der Waals surface area contributed by atoms with Gasteiger partial charge in [-0.1, -0.05) is 37.6 Å². The van der Waals surface area contributed by atoms with Gasteiger partial charge in [-0.05, 0) is 36.5 Å². The van der Waals surface area contributed by atoms with Gasteiger partial charge < -0.3 is 16.4 Å². The van der Waals surface area contributed by atoms with Crippen molar-refractivity contribution in [3.8, 4) is 0 Å². The average Bonchev–Trinajstić information content (AvgIpc) is 2.62.